The molecule has 1 amide bonds. The van der Waals surface area contributed by atoms with Crippen molar-refractivity contribution in [2.45, 2.75) is 62.5 Å². The Bertz CT molecular complexity index is 1100. The van der Waals surface area contributed by atoms with E-state index < -0.39 is 0 Å². The summed E-state index contributed by atoms with van der Waals surface area (Å²) in [7, 11) is 1.96. The fourth-order valence-electron chi connectivity index (χ4n) is 4.25. The molecule has 1 saturated heterocycles. The summed E-state index contributed by atoms with van der Waals surface area (Å²) < 4.78 is 1.97. The summed E-state index contributed by atoms with van der Waals surface area (Å²) in [5.41, 5.74) is 3.73. The van der Waals surface area contributed by atoms with Gasteiger partial charge in [-0.25, -0.2) is 0 Å². The molecule has 6 nitrogen and oxygen atoms in total. The number of likely N-dealkylation sites (tertiary alicyclic amines) is 1. The molecule has 0 bridgehead atoms. The van der Waals surface area contributed by atoms with Gasteiger partial charge in [-0.1, -0.05) is 87.1 Å². The quantitative estimate of drug-likeness (QED) is 0.502. The molecule has 1 aromatic heterocycles. The van der Waals surface area contributed by atoms with Crippen LogP contribution in [0.15, 0.2) is 59.8 Å². The van der Waals surface area contributed by atoms with Gasteiger partial charge < -0.3 is 9.88 Å². The molecule has 4 rings (SSSR count). The van der Waals surface area contributed by atoms with Crippen LogP contribution < -0.4 is 5.32 Å². The minimum absolute atomic E-state index is 0.0515. The number of rotatable bonds is 7. The first kappa shape index (κ1) is 24.5. The molecule has 1 aliphatic heterocycles. The number of amides is 1. The Morgan fingerprint density at radius 1 is 1.12 bits per heavy atom. The number of carbonyl (C=O) groups excluding carboxylic acids is 1. The van der Waals surface area contributed by atoms with Crippen molar-refractivity contribution < 1.29 is 4.79 Å². The minimum atomic E-state index is -0.248. The molecule has 1 N–H and O–H groups in total. The Balaban J connectivity index is 1.32. The van der Waals surface area contributed by atoms with Gasteiger partial charge >= 0.3 is 0 Å². The molecular formula is C27H35N5OS. The summed E-state index contributed by atoms with van der Waals surface area (Å²) in [5, 5.41) is 12.5. The highest BCUT2D eigenvalue weighted by Crippen LogP contribution is 2.28. The van der Waals surface area contributed by atoms with Gasteiger partial charge in [0.1, 0.15) is 0 Å². The van der Waals surface area contributed by atoms with Crippen molar-refractivity contribution in [1.29, 1.82) is 0 Å². The number of benzene rings is 2. The molecule has 2 heterocycles. The molecule has 180 valence electrons. The summed E-state index contributed by atoms with van der Waals surface area (Å²) in [4.78, 5) is 15.3. The highest BCUT2D eigenvalue weighted by Gasteiger charge is 2.27. The monoisotopic (exact) mass is 477 g/mol. The standard InChI is InChI=1S/C27H35N5OS/c1-19(25(33)28-23-15-16-32(18-23)17-20-9-7-6-8-10-20)34-26-30-29-24(31(26)5)21-11-13-22(14-12-21)27(2,3)4/h6-14,19,23H,15-18H2,1-5H3,(H,28,33). The normalized spacial score (nSPS) is 17.6. The second-order valence-electron chi connectivity index (χ2n) is 10.2. The van der Waals surface area contributed by atoms with E-state index in [-0.39, 0.29) is 22.6 Å². The van der Waals surface area contributed by atoms with Gasteiger partial charge in [-0.3, -0.25) is 9.69 Å². The number of nitrogens with one attached hydrogen (secondary N) is 1. The van der Waals surface area contributed by atoms with Crippen molar-refractivity contribution >= 4 is 17.7 Å². The molecule has 0 aliphatic carbocycles. The zero-order valence-corrected chi connectivity index (χ0v) is 21.6. The molecule has 7 heteroatoms. The lowest BCUT2D eigenvalue weighted by molar-refractivity contribution is -0.120. The fourth-order valence-corrected chi connectivity index (χ4v) is 5.08. The highest BCUT2D eigenvalue weighted by molar-refractivity contribution is 8.00. The third kappa shape index (κ3) is 5.88. The molecule has 0 saturated carbocycles. The highest BCUT2D eigenvalue weighted by atomic mass is 32.2. The molecule has 0 radical (unpaired) electrons. The van der Waals surface area contributed by atoms with Crippen LogP contribution in [0.5, 0.6) is 0 Å². The average molecular weight is 478 g/mol. The zero-order chi connectivity index (χ0) is 24.3. The van der Waals surface area contributed by atoms with Crippen molar-refractivity contribution in [2.24, 2.45) is 7.05 Å². The lowest BCUT2D eigenvalue weighted by atomic mass is 9.87. The van der Waals surface area contributed by atoms with Gasteiger partial charge in [-0.15, -0.1) is 10.2 Å². The van der Waals surface area contributed by atoms with Crippen LogP contribution in [-0.4, -0.2) is 50.0 Å². The van der Waals surface area contributed by atoms with Crippen LogP contribution >= 0.6 is 11.8 Å². The summed E-state index contributed by atoms with van der Waals surface area (Å²) >= 11 is 1.45. The van der Waals surface area contributed by atoms with E-state index in [9.17, 15) is 4.79 Å². The molecule has 3 aromatic rings. The van der Waals surface area contributed by atoms with Crippen LogP contribution in [0.3, 0.4) is 0 Å². The van der Waals surface area contributed by atoms with E-state index in [2.05, 4.69) is 89.7 Å². The van der Waals surface area contributed by atoms with E-state index in [0.717, 1.165) is 42.6 Å². The maximum Gasteiger partial charge on any atom is 0.233 e. The molecular weight excluding hydrogens is 442 g/mol. The molecule has 1 fully saturated rings. The van der Waals surface area contributed by atoms with Crippen molar-refractivity contribution in [2.75, 3.05) is 13.1 Å². The van der Waals surface area contributed by atoms with Crippen molar-refractivity contribution in [3.8, 4) is 11.4 Å². The molecule has 2 aromatic carbocycles. The zero-order valence-electron chi connectivity index (χ0n) is 20.8. The molecule has 0 spiro atoms. The summed E-state index contributed by atoms with van der Waals surface area (Å²) in [6, 6.07) is 19.2. The third-order valence-corrected chi connectivity index (χ3v) is 7.50. The van der Waals surface area contributed by atoms with E-state index >= 15 is 0 Å². The number of thioether (sulfide) groups is 1. The molecule has 2 unspecified atom stereocenters. The summed E-state index contributed by atoms with van der Waals surface area (Å²) in [5.74, 6) is 0.860. The van der Waals surface area contributed by atoms with E-state index in [0.29, 0.717) is 0 Å². The molecule has 2 atom stereocenters. The fraction of sp³-hybridized carbons (Fsp3) is 0.444. The first-order valence-corrected chi connectivity index (χ1v) is 12.8. The predicted octanol–water partition coefficient (Wildman–Crippen LogP) is 4.65. The van der Waals surface area contributed by atoms with Crippen LogP contribution in [-0.2, 0) is 23.8 Å². The number of hydrogen-bond acceptors (Lipinski definition) is 5. The predicted molar refractivity (Wildman–Crippen MR) is 139 cm³/mol. The topological polar surface area (TPSA) is 63.1 Å². The number of aromatic nitrogens is 3. The number of carbonyl (C=O) groups is 1. The van der Waals surface area contributed by atoms with Crippen LogP contribution in [0, 0.1) is 0 Å². The van der Waals surface area contributed by atoms with Gasteiger partial charge in [-0.2, -0.15) is 0 Å². The Hall–Kier alpha value is -2.64. The molecule has 34 heavy (non-hydrogen) atoms. The van der Waals surface area contributed by atoms with E-state index in [1.807, 2.05) is 24.6 Å². The Kier molecular flexibility index (Phi) is 7.43. The van der Waals surface area contributed by atoms with E-state index in [1.165, 1.54) is 22.9 Å². The van der Waals surface area contributed by atoms with Crippen molar-refractivity contribution in [3.63, 3.8) is 0 Å². The van der Waals surface area contributed by atoms with Crippen molar-refractivity contribution in [1.82, 2.24) is 25.0 Å². The number of nitrogens with zero attached hydrogens (tertiary/aromatic N) is 4. The first-order valence-electron chi connectivity index (χ1n) is 11.9. The molecule has 1 aliphatic rings. The first-order chi connectivity index (χ1) is 16.2. The SMILES string of the molecule is CC(Sc1nnc(-c2ccc(C(C)(C)C)cc2)n1C)C(=O)NC1CCN(Cc2ccccc2)C1. The van der Waals surface area contributed by atoms with Gasteiger partial charge in [0, 0.05) is 38.3 Å². The third-order valence-electron chi connectivity index (χ3n) is 6.36. The largest absolute Gasteiger partial charge is 0.351 e. The van der Waals surface area contributed by atoms with Crippen molar-refractivity contribution in [3.05, 3.63) is 65.7 Å². The van der Waals surface area contributed by atoms with Gasteiger partial charge in [0.25, 0.3) is 0 Å². The van der Waals surface area contributed by atoms with Gasteiger partial charge in [0.05, 0.1) is 5.25 Å². The van der Waals surface area contributed by atoms with E-state index in [1.54, 1.807) is 0 Å². The summed E-state index contributed by atoms with van der Waals surface area (Å²) in [6.07, 6.45) is 0.981. The maximum absolute atomic E-state index is 12.9. The second kappa shape index (κ2) is 10.3. The summed E-state index contributed by atoms with van der Waals surface area (Å²) in [6.45, 7) is 11.4. The minimum Gasteiger partial charge on any atom is -0.351 e. The van der Waals surface area contributed by atoms with Crippen LogP contribution in [0.2, 0.25) is 0 Å². The van der Waals surface area contributed by atoms with E-state index in [4.69, 9.17) is 0 Å². The van der Waals surface area contributed by atoms with Gasteiger partial charge in [0.15, 0.2) is 11.0 Å². The smallest absolute Gasteiger partial charge is 0.233 e. The second-order valence-corrected chi connectivity index (χ2v) is 11.5. The van der Waals surface area contributed by atoms with Crippen LogP contribution in [0.1, 0.15) is 45.2 Å². The van der Waals surface area contributed by atoms with Crippen LogP contribution in [0.4, 0.5) is 0 Å². The maximum atomic E-state index is 12.9. The van der Waals surface area contributed by atoms with Crippen LogP contribution in [0.25, 0.3) is 11.4 Å². The van der Waals surface area contributed by atoms with Gasteiger partial charge in [0.2, 0.25) is 5.91 Å². The Labute approximate surface area is 207 Å². The number of hydrogen-bond donors (Lipinski definition) is 1. The Morgan fingerprint density at radius 3 is 2.50 bits per heavy atom. The lowest BCUT2D eigenvalue weighted by Crippen LogP contribution is -2.40. The van der Waals surface area contributed by atoms with Gasteiger partial charge in [-0.05, 0) is 29.9 Å². The Morgan fingerprint density at radius 2 is 1.82 bits per heavy atom. The lowest BCUT2D eigenvalue weighted by Gasteiger charge is -2.19. The average Bonchev–Trinajstić information content (AvgIpc) is 3.40.